The summed E-state index contributed by atoms with van der Waals surface area (Å²) in [5.41, 5.74) is 0. The molecule has 1 amide bonds. The van der Waals surface area contributed by atoms with E-state index in [0.29, 0.717) is 6.54 Å². The molecular formula is C15H29N3O5. The summed E-state index contributed by atoms with van der Waals surface area (Å²) in [6.45, 7) is 11.1. The van der Waals surface area contributed by atoms with E-state index in [2.05, 4.69) is 24.1 Å². The largest absolute Gasteiger partial charge is 0.473 e. The molecule has 1 aliphatic rings. The highest BCUT2D eigenvalue weighted by molar-refractivity contribution is 6.27. The molecular weight excluding hydrogens is 302 g/mol. The summed E-state index contributed by atoms with van der Waals surface area (Å²) in [4.78, 5) is 34.3. The summed E-state index contributed by atoms with van der Waals surface area (Å²) in [5.74, 6) is -3.38. The fourth-order valence-electron chi connectivity index (χ4n) is 2.24. The van der Waals surface area contributed by atoms with E-state index >= 15 is 0 Å². The van der Waals surface area contributed by atoms with Crippen molar-refractivity contribution in [3.63, 3.8) is 0 Å². The van der Waals surface area contributed by atoms with Crippen molar-refractivity contribution in [2.75, 3.05) is 45.8 Å². The molecule has 0 aromatic carbocycles. The topological polar surface area (TPSA) is 110 Å². The predicted molar refractivity (Wildman–Crippen MR) is 86.4 cm³/mol. The molecule has 0 saturated carbocycles. The number of nitrogens with zero attached hydrogens (tertiary/aromatic N) is 2. The predicted octanol–water partition coefficient (Wildman–Crippen LogP) is 0.0859. The molecule has 1 rings (SSSR count). The van der Waals surface area contributed by atoms with Crippen molar-refractivity contribution in [1.29, 1.82) is 0 Å². The summed E-state index contributed by atoms with van der Waals surface area (Å²) in [6.07, 6.45) is 3.47. The Kier molecular flexibility index (Phi) is 11.9. The molecule has 0 spiro atoms. The summed E-state index contributed by atoms with van der Waals surface area (Å²) >= 11 is 0. The van der Waals surface area contributed by atoms with Crippen molar-refractivity contribution >= 4 is 17.8 Å². The highest BCUT2D eigenvalue weighted by Crippen LogP contribution is 2.06. The number of carbonyl (C=O) groups excluding carboxylic acids is 1. The molecule has 3 N–H and O–H groups in total. The maximum absolute atomic E-state index is 11.7. The van der Waals surface area contributed by atoms with Gasteiger partial charge in [-0.05, 0) is 45.4 Å². The van der Waals surface area contributed by atoms with E-state index < -0.39 is 11.9 Å². The normalized spacial score (nSPS) is 13.6. The van der Waals surface area contributed by atoms with Gasteiger partial charge in [0.25, 0.3) is 0 Å². The molecule has 0 bridgehead atoms. The lowest BCUT2D eigenvalue weighted by atomic mass is 10.3. The molecule has 1 saturated heterocycles. The number of likely N-dealkylation sites (tertiary alicyclic amines) is 1. The van der Waals surface area contributed by atoms with Crippen LogP contribution in [0.15, 0.2) is 0 Å². The van der Waals surface area contributed by atoms with Crippen LogP contribution in [0.25, 0.3) is 0 Å². The van der Waals surface area contributed by atoms with E-state index in [0.717, 1.165) is 45.7 Å². The summed E-state index contributed by atoms with van der Waals surface area (Å²) < 4.78 is 0. The van der Waals surface area contributed by atoms with Gasteiger partial charge in [-0.25, -0.2) is 9.59 Å². The second-order valence-corrected chi connectivity index (χ2v) is 5.26. The van der Waals surface area contributed by atoms with Crippen molar-refractivity contribution in [2.24, 2.45) is 0 Å². The van der Waals surface area contributed by atoms with Crippen molar-refractivity contribution in [3.05, 3.63) is 0 Å². The van der Waals surface area contributed by atoms with Crippen LogP contribution in [0.5, 0.6) is 0 Å². The number of amides is 1. The van der Waals surface area contributed by atoms with Gasteiger partial charge in [-0.3, -0.25) is 4.79 Å². The van der Waals surface area contributed by atoms with Gasteiger partial charge in [-0.2, -0.15) is 0 Å². The maximum Gasteiger partial charge on any atom is 0.414 e. The fraction of sp³-hybridized carbons (Fsp3) is 0.800. The van der Waals surface area contributed by atoms with Gasteiger partial charge in [0.1, 0.15) is 0 Å². The SMILES string of the molecule is CCN(CC)CCCNCC(=O)N1CCCC1.O=C(O)C(=O)O. The van der Waals surface area contributed by atoms with Crippen LogP contribution in [0.4, 0.5) is 0 Å². The van der Waals surface area contributed by atoms with Crippen LogP contribution in [0.1, 0.15) is 33.1 Å². The fourth-order valence-corrected chi connectivity index (χ4v) is 2.24. The lowest BCUT2D eigenvalue weighted by Crippen LogP contribution is -2.37. The van der Waals surface area contributed by atoms with Crippen molar-refractivity contribution < 1.29 is 24.6 Å². The highest BCUT2D eigenvalue weighted by atomic mass is 16.4. The third-order valence-corrected chi connectivity index (χ3v) is 3.64. The first-order valence-corrected chi connectivity index (χ1v) is 8.09. The minimum atomic E-state index is -1.82. The summed E-state index contributed by atoms with van der Waals surface area (Å²) in [5, 5.41) is 18.0. The minimum Gasteiger partial charge on any atom is -0.473 e. The Hall–Kier alpha value is -1.67. The standard InChI is InChI=1S/C13H27N3O.C2H2O4/c1-3-15(4-2)9-7-8-14-12-13(17)16-10-5-6-11-16;3-1(4)2(5)6/h14H,3-12H2,1-2H3;(H,3,4)(H,5,6). The Morgan fingerprint density at radius 1 is 1.04 bits per heavy atom. The van der Waals surface area contributed by atoms with Crippen LogP contribution in [0.3, 0.4) is 0 Å². The van der Waals surface area contributed by atoms with Crippen LogP contribution < -0.4 is 5.32 Å². The van der Waals surface area contributed by atoms with Crippen LogP contribution in [0.2, 0.25) is 0 Å². The zero-order chi connectivity index (χ0) is 17.7. The zero-order valence-electron chi connectivity index (χ0n) is 14.1. The van der Waals surface area contributed by atoms with Gasteiger partial charge in [-0.1, -0.05) is 13.8 Å². The third kappa shape index (κ3) is 10.6. The number of carboxylic acid groups (broad SMARTS) is 2. The molecule has 0 atom stereocenters. The number of hydrogen-bond donors (Lipinski definition) is 3. The summed E-state index contributed by atoms with van der Waals surface area (Å²) in [7, 11) is 0. The first-order chi connectivity index (χ1) is 10.9. The van der Waals surface area contributed by atoms with Crippen LogP contribution in [-0.2, 0) is 14.4 Å². The molecule has 134 valence electrons. The molecule has 0 aromatic rings. The van der Waals surface area contributed by atoms with Gasteiger partial charge in [0.2, 0.25) is 5.91 Å². The Morgan fingerprint density at radius 3 is 2.00 bits per heavy atom. The zero-order valence-corrected chi connectivity index (χ0v) is 14.1. The second-order valence-electron chi connectivity index (χ2n) is 5.26. The van der Waals surface area contributed by atoms with Crippen molar-refractivity contribution in [3.8, 4) is 0 Å². The quantitative estimate of drug-likeness (QED) is 0.427. The Balaban J connectivity index is 0.000000688. The number of rotatable bonds is 8. The highest BCUT2D eigenvalue weighted by Gasteiger charge is 2.16. The third-order valence-electron chi connectivity index (χ3n) is 3.64. The second kappa shape index (κ2) is 12.8. The maximum atomic E-state index is 11.7. The lowest BCUT2D eigenvalue weighted by Gasteiger charge is -2.18. The monoisotopic (exact) mass is 331 g/mol. The Morgan fingerprint density at radius 2 is 1.57 bits per heavy atom. The molecule has 23 heavy (non-hydrogen) atoms. The Bertz CT molecular complexity index is 354. The van der Waals surface area contributed by atoms with Gasteiger partial charge < -0.3 is 25.3 Å². The average Bonchev–Trinajstić information content (AvgIpc) is 3.05. The first kappa shape index (κ1) is 21.3. The number of carbonyl (C=O) groups is 3. The lowest BCUT2D eigenvalue weighted by molar-refractivity contribution is -0.159. The van der Waals surface area contributed by atoms with Gasteiger partial charge in [0, 0.05) is 13.1 Å². The van der Waals surface area contributed by atoms with Crippen LogP contribution in [-0.4, -0.2) is 83.7 Å². The molecule has 0 aliphatic carbocycles. The smallest absolute Gasteiger partial charge is 0.414 e. The van der Waals surface area contributed by atoms with E-state index in [1.54, 1.807) is 0 Å². The van der Waals surface area contributed by atoms with Crippen molar-refractivity contribution in [2.45, 2.75) is 33.1 Å². The summed E-state index contributed by atoms with van der Waals surface area (Å²) in [6, 6.07) is 0. The van der Waals surface area contributed by atoms with E-state index in [9.17, 15) is 4.79 Å². The molecule has 0 radical (unpaired) electrons. The first-order valence-electron chi connectivity index (χ1n) is 8.09. The number of carboxylic acids is 2. The molecule has 0 unspecified atom stereocenters. The molecule has 1 fully saturated rings. The molecule has 1 aliphatic heterocycles. The van der Waals surface area contributed by atoms with Gasteiger partial charge in [-0.15, -0.1) is 0 Å². The van der Waals surface area contributed by atoms with Gasteiger partial charge in [0.05, 0.1) is 6.54 Å². The van der Waals surface area contributed by atoms with E-state index in [4.69, 9.17) is 19.8 Å². The average molecular weight is 331 g/mol. The van der Waals surface area contributed by atoms with Crippen LogP contribution >= 0.6 is 0 Å². The Labute approximate surface area is 137 Å². The number of hydrogen-bond acceptors (Lipinski definition) is 5. The number of nitrogens with one attached hydrogen (secondary N) is 1. The minimum absolute atomic E-state index is 0.269. The molecule has 8 nitrogen and oxygen atoms in total. The van der Waals surface area contributed by atoms with E-state index in [1.807, 2.05) is 4.90 Å². The molecule has 1 heterocycles. The number of aliphatic carboxylic acids is 2. The van der Waals surface area contributed by atoms with Crippen molar-refractivity contribution in [1.82, 2.24) is 15.1 Å². The van der Waals surface area contributed by atoms with Gasteiger partial charge >= 0.3 is 11.9 Å². The van der Waals surface area contributed by atoms with E-state index in [1.165, 1.54) is 12.8 Å². The van der Waals surface area contributed by atoms with Crippen LogP contribution in [0, 0.1) is 0 Å². The molecule has 8 heteroatoms. The van der Waals surface area contributed by atoms with E-state index in [-0.39, 0.29) is 5.91 Å². The van der Waals surface area contributed by atoms with Gasteiger partial charge in [0.15, 0.2) is 0 Å². The molecule has 0 aromatic heterocycles.